The Hall–Kier alpha value is -1.97. The van der Waals surface area contributed by atoms with Crippen molar-refractivity contribution < 1.29 is 13.2 Å². The Bertz CT molecular complexity index is 842. The molecule has 1 aliphatic heterocycles. The van der Waals surface area contributed by atoms with Crippen LogP contribution in [0.2, 0.25) is 0 Å². The van der Waals surface area contributed by atoms with E-state index in [2.05, 4.69) is 9.88 Å². The van der Waals surface area contributed by atoms with Crippen LogP contribution < -0.4 is 4.90 Å². The minimum atomic E-state index is -3.62. The fraction of sp³-hybridized carbons (Fsp3) is 0.375. The molecule has 0 radical (unpaired) electrons. The third-order valence-electron chi connectivity index (χ3n) is 4.05. The quantitative estimate of drug-likeness (QED) is 0.801. The van der Waals surface area contributed by atoms with Crippen molar-refractivity contribution in [1.82, 2.24) is 14.2 Å². The Morgan fingerprint density at radius 1 is 1.20 bits per heavy atom. The van der Waals surface area contributed by atoms with Gasteiger partial charge in [0.15, 0.2) is 5.13 Å². The summed E-state index contributed by atoms with van der Waals surface area (Å²) in [5, 5.41) is 2.82. The van der Waals surface area contributed by atoms with E-state index in [-0.39, 0.29) is 10.8 Å². The van der Waals surface area contributed by atoms with E-state index < -0.39 is 10.0 Å². The first-order valence-electron chi connectivity index (χ1n) is 7.86. The first kappa shape index (κ1) is 17.8. The molecule has 134 valence electrons. The summed E-state index contributed by atoms with van der Waals surface area (Å²) in [5.41, 5.74) is 0.368. The molecule has 1 amide bonds. The second-order valence-electron chi connectivity index (χ2n) is 5.93. The van der Waals surface area contributed by atoms with Gasteiger partial charge in [0.1, 0.15) is 0 Å². The number of carbonyl (C=O) groups is 1. The van der Waals surface area contributed by atoms with Crippen LogP contribution in [0, 0.1) is 0 Å². The lowest BCUT2D eigenvalue weighted by molar-refractivity contribution is 0.0827. The Morgan fingerprint density at radius 2 is 1.92 bits per heavy atom. The maximum atomic E-state index is 12.9. The SMILES string of the molecule is CN(C)C(=O)c1cccc(S(=O)(=O)N2CCN(c3nccs3)CC2)c1. The number of hydrogen-bond donors (Lipinski definition) is 0. The van der Waals surface area contributed by atoms with Gasteiger partial charge in [0.05, 0.1) is 4.90 Å². The van der Waals surface area contributed by atoms with Gasteiger partial charge in [-0.2, -0.15) is 4.31 Å². The minimum Gasteiger partial charge on any atom is -0.345 e. The summed E-state index contributed by atoms with van der Waals surface area (Å²) in [4.78, 5) is 20.0. The van der Waals surface area contributed by atoms with Crippen LogP contribution in [0.4, 0.5) is 5.13 Å². The van der Waals surface area contributed by atoms with Crippen LogP contribution in [-0.4, -0.2) is 68.8 Å². The number of thiazole rings is 1. The third kappa shape index (κ3) is 3.68. The van der Waals surface area contributed by atoms with Crippen molar-refractivity contribution in [1.29, 1.82) is 0 Å². The van der Waals surface area contributed by atoms with Gasteiger partial charge in [-0.25, -0.2) is 13.4 Å². The lowest BCUT2D eigenvalue weighted by Gasteiger charge is -2.33. The molecule has 1 aliphatic rings. The van der Waals surface area contributed by atoms with Crippen molar-refractivity contribution in [3.8, 4) is 0 Å². The van der Waals surface area contributed by atoms with Gasteiger partial charge in [-0.1, -0.05) is 6.07 Å². The molecule has 0 atom stereocenters. The molecule has 1 aromatic heterocycles. The van der Waals surface area contributed by atoms with Crippen LogP contribution in [0.3, 0.4) is 0 Å². The smallest absolute Gasteiger partial charge is 0.253 e. The van der Waals surface area contributed by atoms with E-state index in [1.807, 2.05) is 5.38 Å². The maximum absolute atomic E-state index is 12.9. The molecular weight excluding hydrogens is 360 g/mol. The van der Waals surface area contributed by atoms with Crippen LogP contribution in [-0.2, 0) is 10.0 Å². The summed E-state index contributed by atoms with van der Waals surface area (Å²) in [6.07, 6.45) is 1.75. The molecule has 7 nitrogen and oxygen atoms in total. The fourth-order valence-corrected chi connectivity index (χ4v) is 4.85. The Kier molecular flexibility index (Phi) is 5.07. The molecule has 2 aromatic rings. The number of sulfonamides is 1. The second kappa shape index (κ2) is 7.11. The lowest BCUT2D eigenvalue weighted by Crippen LogP contribution is -2.48. The number of aromatic nitrogens is 1. The normalized spacial score (nSPS) is 16.0. The van der Waals surface area contributed by atoms with Crippen LogP contribution in [0.1, 0.15) is 10.4 Å². The zero-order chi connectivity index (χ0) is 18.0. The fourth-order valence-electron chi connectivity index (χ4n) is 2.69. The highest BCUT2D eigenvalue weighted by molar-refractivity contribution is 7.89. The van der Waals surface area contributed by atoms with E-state index >= 15 is 0 Å². The van der Waals surface area contributed by atoms with Crippen molar-refractivity contribution in [2.75, 3.05) is 45.2 Å². The van der Waals surface area contributed by atoms with Crippen LogP contribution in [0.15, 0.2) is 40.7 Å². The molecule has 0 unspecified atom stereocenters. The molecule has 0 saturated carbocycles. The number of nitrogens with zero attached hydrogens (tertiary/aromatic N) is 4. The van der Waals surface area contributed by atoms with Crippen LogP contribution in [0.5, 0.6) is 0 Å². The van der Waals surface area contributed by atoms with E-state index in [9.17, 15) is 13.2 Å². The Balaban J connectivity index is 1.76. The van der Waals surface area contributed by atoms with Gasteiger partial charge in [-0.05, 0) is 18.2 Å². The summed E-state index contributed by atoms with van der Waals surface area (Å²) in [6, 6.07) is 6.22. The maximum Gasteiger partial charge on any atom is 0.253 e. The van der Waals surface area contributed by atoms with E-state index in [1.165, 1.54) is 21.3 Å². The van der Waals surface area contributed by atoms with Crippen molar-refractivity contribution in [3.05, 3.63) is 41.4 Å². The Morgan fingerprint density at radius 3 is 2.52 bits per heavy atom. The monoisotopic (exact) mass is 380 g/mol. The van der Waals surface area contributed by atoms with E-state index in [4.69, 9.17) is 0 Å². The van der Waals surface area contributed by atoms with Gasteiger partial charge in [0.25, 0.3) is 5.91 Å². The second-order valence-corrected chi connectivity index (χ2v) is 8.74. The highest BCUT2D eigenvalue weighted by atomic mass is 32.2. The van der Waals surface area contributed by atoms with Crippen molar-refractivity contribution in [2.24, 2.45) is 0 Å². The van der Waals surface area contributed by atoms with Gasteiger partial charge in [0, 0.05) is 57.4 Å². The van der Waals surface area contributed by atoms with E-state index in [0.29, 0.717) is 31.7 Å². The highest BCUT2D eigenvalue weighted by Crippen LogP contribution is 2.23. The van der Waals surface area contributed by atoms with Crippen LogP contribution >= 0.6 is 11.3 Å². The first-order valence-corrected chi connectivity index (χ1v) is 10.2. The van der Waals surface area contributed by atoms with E-state index in [1.54, 1.807) is 43.8 Å². The number of anilines is 1. The van der Waals surface area contributed by atoms with Crippen LogP contribution in [0.25, 0.3) is 0 Å². The van der Waals surface area contributed by atoms with Gasteiger partial charge >= 0.3 is 0 Å². The average molecular weight is 380 g/mol. The number of rotatable bonds is 4. The largest absolute Gasteiger partial charge is 0.345 e. The standard InChI is InChI=1S/C16H20N4O3S2/c1-18(2)15(21)13-4-3-5-14(12-13)25(22,23)20-9-7-19(8-10-20)16-17-6-11-24-16/h3-6,11-12H,7-10H2,1-2H3. The summed E-state index contributed by atoms with van der Waals surface area (Å²) in [7, 11) is -0.337. The number of piperazine rings is 1. The molecule has 0 bridgehead atoms. The Labute approximate surface area is 151 Å². The minimum absolute atomic E-state index is 0.155. The predicted molar refractivity (Wildman–Crippen MR) is 97.5 cm³/mol. The molecule has 1 aromatic carbocycles. The molecule has 1 fully saturated rings. The molecule has 3 rings (SSSR count). The third-order valence-corrected chi connectivity index (χ3v) is 6.78. The van der Waals surface area contributed by atoms with Gasteiger partial charge < -0.3 is 9.80 Å². The zero-order valence-electron chi connectivity index (χ0n) is 14.1. The first-order chi connectivity index (χ1) is 11.9. The molecule has 0 aliphatic carbocycles. The number of carbonyl (C=O) groups excluding carboxylic acids is 1. The molecule has 2 heterocycles. The van der Waals surface area contributed by atoms with E-state index in [0.717, 1.165) is 5.13 Å². The number of amides is 1. The molecular formula is C16H20N4O3S2. The molecule has 25 heavy (non-hydrogen) atoms. The summed E-state index contributed by atoms with van der Waals surface area (Å²) >= 11 is 1.55. The highest BCUT2D eigenvalue weighted by Gasteiger charge is 2.29. The molecule has 0 spiro atoms. The van der Waals surface area contributed by atoms with Gasteiger partial charge in [-0.3, -0.25) is 4.79 Å². The summed E-state index contributed by atoms with van der Waals surface area (Å²) in [5.74, 6) is -0.217. The van der Waals surface area contributed by atoms with Crippen molar-refractivity contribution >= 4 is 32.4 Å². The average Bonchev–Trinajstić information content (AvgIpc) is 3.16. The topological polar surface area (TPSA) is 73.8 Å². The van der Waals surface area contributed by atoms with Crippen molar-refractivity contribution in [3.63, 3.8) is 0 Å². The number of benzene rings is 1. The lowest BCUT2D eigenvalue weighted by atomic mass is 10.2. The predicted octanol–water partition coefficient (Wildman–Crippen LogP) is 1.36. The summed E-state index contributed by atoms with van der Waals surface area (Å²) < 4.78 is 27.3. The summed E-state index contributed by atoms with van der Waals surface area (Å²) in [6.45, 7) is 1.99. The number of hydrogen-bond acceptors (Lipinski definition) is 6. The van der Waals surface area contributed by atoms with Gasteiger partial charge in [-0.15, -0.1) is 11.3 Å². The molecule has 0 N–H and O–H groups in total. The zero-order valence-corrected chi connectivity index (χ0v) is 15.8. The van der Waals surface area contributed by atoms with Gasteiger partial charge in [0.2, 0.25) is 10.0 Å². The molecule has 9 heteroatoms. The van der Waals surface area contributed by atoms with Crippen molar-refractivity contribution in [2.45, 2.75) is 4.90 Å². The molecule has 1 saturated heterocycles.